The summed E-state index contributed by atoms with van der Waals surface area (Å²) in [5, 5.41) is 3.02. The summed E-state index contributed by atoms with van der Waals surface area (Å²) in [6, 6.07) is 14.9. The van der Waals surface area contributed by atoms with Crippen LogP contribution in [0.15, 0.2) is 61.2 Å². The number of para-hydroxylation sites is 1. The van der Waals surface area contributed by atoms with E-state index in [1.807, 2.05) is 48.5 Å². The Bertz CT molecular complexity index is 830. The Balaban J connectivity index is 1.80. The molecule has 1 heterocycles. The molecule has 1 fully saturated rings. The molecule has 27 heavy (non-hydrogen) atoms. The van der Waals surface area contributed by atoms with Gasteiger partial charge in [-0.2, -0.15) is 0 Å². The molecule has 5 nitrogen and oxygen atoms in total. The van der Waals surface area contributed by atoms with Crippen molar-refractivity contribution in [1.29, 1.82) is 0 Å². The van der Waals surface area contributed by atoms with Crippen LogP contribution in [0.25, 0.3) is 11.1 Å². The first-order chi connectivity index (χ1) is 13.1. The van der Waals surface area contributed by atoms with E-state index in [0.29, 0.717) is 13.0 Å². The molecule has 1 saturated heterocycles. The van der Waals surface area contributed by atoms with E-state index < -0.39 is 6.04 Å². The number of nitrogens with one attached hydrogen (secondary N) is 1. The Morgan fingerprint density at radius 1 is 1.22 bits per heavy atom. The number of nitrogens with zero attached hydrogens (tertiary/aromatic N) is 1. The molecule has 2 amide bonds. The van der Waals surface area contributed by atoms with Gasteiger partial charge < -0.3 is 15.0 Å². The molecule has 0 bridgehead atoms. The van der Waals surface area contributed by atoms with Crippen molar-refractivity contribution in [2.24, 2.45) is 0 Å². The van der Waals surface area contributed by atoms with Crippen LogP contribution in [0.5, 0.6) is 5.75 Å². The number of benzene rings is 2. The number of hydrogen-bond acceptors (Lipinski definition) is 3. The lowest BCUT2D eigenvalue weighted by molar-refractivity contribution is -0.135. The van der Waals surface area contributed by atoms with E-state index in [1.54, 1.807) is 18.1 Å². The molecule has 0 aromatic heterocycles. The van der Waals surface area contributed by atoms with Gasteiger partial charge in [-0.1, -0.05) is 36.4 Å². The molecule has 3 rings (SSSR count). The van der Waals surface area contributed by atoms with Gasteiger partial charge in [0.15, 0.2) is 0 Å². The SMILES string of the molecule is C=CCC(=O)N1CCC[C@H]1C(=O)Nc1ccccc1-c1ccc(OC)cc1. The standard InChI is InChI=1S/C22H24N2O3/c1-3-7-21(25)24-15-6-10-20(24)22(26)23-19-9-5-4-8-18(19)16-11-13-17(27-2)14-12-16/h3-5,8-9,11-14,20H,1,6-7,10,15H2,2H3,(H,23,26)/t20-/m0/s1. The summed E-state index contributed by atoms with van der Waals surface area (Å²) in [4.78, 5) is 26.8. The van der Waals surface area contributed by atoms with Gasteiger partial charge in [-0.25, -0.2) is 0 Å². The summed E-state index contributed by atoms with van der Waals surface area (Å²) in [6.45, 7) is 4.23. The normalized spacial score (nSPS) is 16.0. The highest BCUT2D eigenvalue weighted by Crippen LogP contribution is 2.30. The smallest absolute Gasteiger partial charge is 0.247 e. The molecule has 2 aromatic rings. The van der Waals surface area contributed by atoms with Crippen LogP contribution >= 0.6 is 0 Å². The van der Waals surface area contributed by atoms with Gasteiger partial charge in [0, 0.05) is 24.2 Å². The maximum atomic E-state index is 12.9. The van der Waals surface area contributed by atoms with Crippen LogP contribution in [0.2, 0.25) is 0 Å². The Labute approximate surface area is 159 Å². The molecule has 5 heteroatoms. The van der Waals surface area contributed by atoms with Crippen molar-refractivity contribution in [2.75, 3.05) is 19.0 Å². The van der Waals surface area contributed by atoms with Gasteiger partial charge in [0.1, 0.15) is 11.8 Å². The second-order valence-electron chi connectivity index (χ2n) is 6.50. The molecule has 0 unspecified atom stereocenters. The van der Waals surface area contributed by atoms with E-state index >= 15 is 0 Å². The molecule has 0 radical (unpaired) electrons. The lowest BCUT2D eigenvalue weighted by Crippen LogP contribution is -2.43. The van der Waals surface area contributed by atoms with E-state index in [0.717, 1.165) is 29.0 Å². The third-order valence-electron chi connectivity index (χ3n) is 4.78. The summed E-state index contributed by atoms with van der Waals surface area (Å²) >= 11 is 0. The van der Waals surface area contributed by atoms with Gasteiger partial charge in [-0.05, 0) is 36.6 Å². The molecule has 1 aliphatic rings. The lowest BCUT2D eigenvalue weighted by atomic mass is 10.0. The van der Waals surface area contributed by atoms with E-state index in [2.05, 4.69) is 11.9 Å². The number of carbonyl (C=O) groups is 2. The topological polar surface area (TPSA) is 58.6 Å². The summed E-state index contributed by atoms with van der Waals surface area (Å²) in [7, 11) is 1.63. The largest absolute Gasteiger partial charge is 0.497 e. The van der Waals surface area contributed by atoms with Gasteiger partial charge in [0.05, 0.1) is 7.11 Å². The Morgan fingerprint density at radius 2 is 1.96 bits per heavy atom. The zero-order valence-corrected chi connectivity index (χ0v) is 15.5. The van der Waals surface area contributed by atoms with Gasteiger partial charge in [0.25, 0.3) is 0 Å². The van der Waals surface area contributed by atoms with Crippen LogP contribution in [0.4, 0.5) is 5.69 Å². The predicted octanol–water partition coefficient (Wildman–Crippen LogP) is 3.87. The number of rotatable bonds is 6. The minimum absolute atomic E-state index is 0.0499. The average Bonchev–Trinajstić information content (AvgIpc) is 3.19. The zero-order chi connectivity index (χ0) is 19.2. The second kappa shape index (κ2) is 8.54. The molecule has 1 N–H and O–H groups in total. The maximum absolute atomic E-state index is 12.9. The number of ether oxygens (including phenoxy) is 1. The predicted molar refractivity (Wildman–Crippen MR) is 107 cm³/mol. The fraction of sp³-hybridized carbons (Fsp3) is 0.273. The Morgan fingerprint density at radius 3 is 2.67 bits per heavy atom. The molecule has 1 aliphatic heterocycles. The minimum atomic E-state index is -0.429. The van der Waals surface area contributed by atoms with Crippen LogP contribution in [0, 0.1) is 0 Å². The average molecular weight is 364 g/mol. The quantitative estimate of drug-likeness (QED) is 0.792. The first kappa shape index (κ1) is 18.7. The van der Waals surface area contributed by atoms with Gasteiger partial charge in [0.2, 0.25) is 11.8 Å². The zero-order valence-electron chi connectivity index (χ0n) is 15.5. The summed E-state index contributed by atoms with van der Waals surface area (Å²) in [5.41, 5.74) is 2.64. The lowest BCUT2D eigenvalue weighted by Gasteiger charge is -2.24. The highest BCUT2D eigenvalue weighted by Gasteiger charge is 2.33. The number of amides is 2. The van der Waals surface area contributed by atoms with E-state index in [1.165, 1.54) is 0 Å². The van der Waals surface area contributed by atoms with E-state index in [-0.39, 0.29) is 18.2 Å². The molecular formula is C22H24N2O3. The highest BCUT2D eigenvalue weighted by molar-refractivity contribution is 6.00. The minimum Gasteiger partial charge on any atom is -0.497 e. The van der Waals surface area contributed by atoms with Crippen molar-refractivity contribution >= 4 is 17.5 Å². The summed E-state index contributed by atoms with van der Waals surface area (Å²) in [6.07, 6.45) is 3.35. The monoisotopic (exact) mass is 364 g/mol. The molecule has 0 spiro atoms. The molecule has 1 atom stereocenters. The van der Waals surface area contributed by atoms with Crippen molar-refractivity contribution in [3.05, 3.63) is 61.2 Å². The third-order valence-corrected chi connectivity index (χ3v) is 4.78. The number of hydrogen-bond donors (Lipinski definition) is 1. The number of likely N-dealkylation sites (tertiary alicyclic amines) is 1. The van der Waals surface area contributed by atoms with Crippen molar-refractivity contribution < 1.29 is 14.3 Å². The van der Waals surface area contributed by atoms with Crippen LogP contribution in [0.1, 0.15) is 19.3 Å². The van der Waals surface area contributed by atoms with Crippen molar-refractivity contribution in [1.82, 2.24) is 4.90 Å². The van der Waals surface area contributed by atoms with Crippen LogP contribution in [-0.4, -0.2) is 36.4 Å². The molecule has 0 aliphatic carbocycles. The number of methoxy groups -OCH3 is 1. The van der Waals surface area contributed by atoms with Gasteiger partial charge in [-0.3, -0.25) is 9.59 Å². The second-order valence-corrected chi connectivity index (χ2v) is 6.50. The Hall–Kier alpha value is -3.08. The fourth-order valence-corrected chi connectivity index (χ4v) is 3.41. The van der Waals surface area contributed by atoms with Gasteiger partial charge >= 0.3 is 0 Å². The number of anilines is 1. The molecular weight excluding hydrogens is 340 g/mol. The first-order valence-corrected chi connectivity index (χ1v) is 9.08. The van der Waals surface area contributed by atoms with Crippen molar-refractivity contribution in [3.63, 3.8) is 0 Å². The summed E-state index contributed by atoms with van der Waals surface area (Å²) < 4.78 is 5.21. The maximum Gasteiger partial charge on any atom is 0.247 e. The number of carbonyl (C=O) groups excluding carboxylic acids is 2. The van der Waals surface area contributed by atoms with Crippen LogP contribution in [-0.2, 0) is 9.59 Å². The van der Waals surface area contributed by atoms with E-state index in [4.69, 9.17) is 4.74 Å². The Kier molecular flexibility index (Phi) is 5.91. The third kappa shape index (κ3) is 4.19. The van der Waals surface area contributed by atoms with Crippen LogP contribution in [0.3, 0.4) is 0 Å². The molecule has 140 valence electrons. The van der Waals surface area contributed by atoms with Crippen LogP contribution < -0.4 is 10.1 Å². The summed E-state index contributed by atoms with van der Waals surface area (Å²) in [5.74, 6) is 0.583. The van der Waals surface area contributed by atoms with E-state index in [9.17, 15) is 9.59 Å². The van der Waals surface area contributed by atoms with Crippen molar-refractivity contribution in [2.45, 2.75) is 25.3 Å². The molecule has 0 saturated carbocycles. The van der Waals surface area contributed by atoms with Gasteiger partial charge in [-0.15, -0.1) is 6.58 Å². The van der Waals surface area contributed by atoms with Crippen molar-refractivity contribution in [3.8, 4) is 16.9 Å². The molecule has 2 aromatic carbocycles. The fourth-order valence-electron chi connectivity index (χ4n) is 3.41. The highest BCUT2D eigenvalue weighted by atomic mass is 16.5. The first-order valence-electron chi connectivity index (χ1n) is 9.08.